The second kappa shape index (κ2) is 7.51. The van der Waals surface area contributed by atoms with Crippen LogP contribution in [0.3, 0.4) is 0 Å². The lowest BCUT2D eigenvalue weighted by atomic mass is 9.57. The number of hydrogen-bond donors (Lipinski definition) is 2. The van der Waals surface area contributed by atoms with Gasteiger partial charge in [-0.1, -0.05) is 31.9 Å². The van der Waals surface area contributed by atoms with Crippen molar-refractivity contribution >= 4 is 23.5 Å². The maximum Gasteiger partial charge on any atom is 0.334 e. The smallest absolute Gasteiger partial charge is 0.334 e. The van der Waals surface area contributed by atoms with Crippen molar-refractivity contribution in [1.29, 1.82) is 0 Å². The van der Waals surface area contributed by atoms with Gasteiger partial charge in [-0.3, -0.25) is 9.59 Å². The fourth-order valence-corrected chi connectivity index (χ4v) is 9.23. The number of fused-ring (bicyclic) bond motifs is 7. The van der Waals surface area contributed by atoms with Gasteiger partial charge in [0, 0.05) is 40.5 Å². The number of carbonyl (C=O) groups excluding carboxylic acids is 4. The molecular weight excluding hydrogens is 488 g/mol. The fourth-order valence-electron chi connectivity index (χ4n) is 9.23. The largest absolute Gasteiger partial charge is 0.458 e. The Bertz CT molecular complexity index is 1350. The Morgan fingerprint density at radius 3 is 2.13 bits per heavy atom. The minimum atomic E-state index is -1.25. The first-order valence-electron chi connectivity index (χ1n) is 13.3. The van der Waals surface area contributed by atoms with E-state index in [1.165, 1.54) is 0 Å². The predicted molar refractivity (Wildman–Crippen MR) is 132 cm³/mol. The predicted octanol–water partition coefficient (Wildman–Crippen LogP) is 1.92. The molecular formula is C30H30O8. The minimum absolute atomic E-state index is 0.103. The quantitative estimate of drug-likeness (QED) is 0.283. The number of carbonyl (C=O) groups is 4. The molecule has 0 radical (unpaired) electrons. The average molecular weight is 519 g/mol. The van der Waals surface area contributed by atoms with Gasteiger partial charge in [0.05, 0.1) is 29.5 Å². The van der Waals surface area contributed by atoms with Crippen LogP contribution in [0.5, 0.6) is 0 Å². The maximum atomic E-state index is 14.2. The zero-order valence-corrected chi connectivity index (χ0v) is 21.0. The zero-order chi connectivity index (χ0) is 27.0. The van der Waals surface area contributed by atoms with Crippen molar-refractivity contribution in [2.45, 2.75) is 56.5 Å². The summed E-state index contributed by atoms with van der Waals surface area (Å²) in [6, 6.07) is 0. The molecule has 11 atom stereocenters. The molecule has 38 heavy (non-hydrogen) atoms. The molecule has 8 nitrogen and oxygen atoms in total. The first-order valence-corrected chi connectivity index (χ1v) is 13.3. The van der Waals surface area contributed by atoms with Crippen LogP contribution in [0, 0.1) is 40.9 Å². The number of Topliss-reactive ketones (excluding diaryl/α,β-unsaturated/α-hetero) is 2. The summed E-state index contributed by atoms with van der Waals surface area (Å²) >= 11 is 0. The van der Waals surface area contributed by atoms with Gasteiger partial charge in [-0.25, -0.2) is 9.59 Å². The first kappa shape index (κ1) is 24.0. The van der Waals surface area contributed by atoms with Crippen LogP contribution in [0.1, 0.15) is 32.1 Å². The van der Waals surface area contributed by atoms with E-state index >= 15 is 0 Å². The average Bonchev–Trinajstić information content (AvgIpc) is 3.46. The van der Waals surface area contributed by atoms with Crippen LogP contribution >= 0.6 is 0 Å². The van der Waals surface area contributed by atoms with E-state index in [4.69, 9.17) is 9.47 Å². The highest BCUT2D eigenvalue weighted by Gasteiger charge is 2.70. The van der Waals surface area contributed by atoms with E-state index in [1.54, 1.807) is 0 Å². The molecule has 1 spiro atoms. The third kappa shape index (κ3) is 2.63. The van der Waals surface area contributed by atoms with Crippen LogP contribution in [-0.2, 0) is 28.7 Å². The molecule has 7 rings (SSSR count). The van der Waals surface area contributed by atoms with Crippen molar-refractivity contribution in [2.75, 3.05) is 0 Å². The molecule has 198 valence electrons. The molecule has 0 aromatic rings. The number of esters is 2. The Kier molecular flexibility index (Phi) is 4.74. The van der Waals surface area contributed by atoms with Crippen LogP contribution in [0.2, 0.25) is 0 Å². The maximum absolute atomic E-state index is 14.2. The second-order valence-electron chi connectivity index (χ2n) is 12.2. The van der Waals surface area contributed by atoms with Gasteiger partial charge in [0.25, 0.3) is 0 Å². The SMILES string of the molecule is C=C1CC(O)C2C(=C)C(=O)OC2C2C1CC(=O)C21CCC2CC(O)C3C(=C)C(=O)OC3C3C(=C)C(=O)C1=C23. The lowest BCUT2D eigenvalue weighted by molar-refractivity contribution is -0.146. The van der Waals surface area contributed by atoms with Crippen LogP contribution in [0.15, 0.2) is 59.8 Å². The third-order valence-corrected chi connectivity index (χ3v) is 10.8. The summed E-state index contributed by atoms with van der Waals surface area (Å²) in [5.41, 5.74) is 1.17. The van der Waals surface area contributed by atoms with Crippen LogP contribution < -0.4 is 0 Å². The van der Waals surface area contributed by atoms with Crippen molar-refractivity contribution in [3.8, 4) is 0 Å². The Balaban J connectivity index is 1.45. The molecule has 0 amide bonds. The number of rotatable bonds is 0. The molecule has 2 saturated heterocycles. The van der Waals surface area contributed by atoms with Crippen molar-refractivity contribution < 1.29 is 38.9 Å². The Hall–Kier alpha value is -3.10. The molecule has 0 aromatic heterocycles. The molecule has 11 unspecified atom stereocenters. The summed E-state index contributed by atoms with van der Waals surface area (Å²) < 4.78 is 11.5. The van der Waals surface area contributed by atoms with Gasteiger partial charge < -0.3 is 19.7 Å². The van der Waals surface area contributed by atoms with Crippen LogP contribution in [0.25, 0.3) is 0 Å². The highest BCUT2D eigenvalue weighted by molar-refractivity contribution is 6.17. The monoisotopic (exact) mass is 518 g/mol. The highest BCUT2D eigenvalue weighted by Crippen LogP contribution is 2.67. The molecule has 3 saturated carbocycles. The molecule has 7 aliphatic rings. The number of aliphatic hydroxyl groups is 2. The normalized spacial score (nSPS) is 47.5. The van der Waals surface area contributed by atoms with Crippen molar-refractivity contribution in [3.05, 3.63) is 59.8 Å². The van der Waals surface area contributed by atoms with Gasteiger partial charge in [-0.05, 0) is 43.1 Å². The topological polar surface area (TPSA) is 127 Å². The Morgan fingerprint density at radius 1 is 0.816 bits per heavy atom. The third-order valence-electron chi connectivity index (χ3n) is 10.8. The molecule has 2 aliphatic heterocycles. The highest BCUT2D eigenvalue weighted by atomic mass is 16.6. The van der Waals surface area contributed by atoms with Crippen molar-refractivity contribution in [3.63, 3.8) is 0 Å². The van der Waals surface area contributed by atoms with Crippen LogP contribution in [-0.4, -0.2) is 58.1 Å². The van der Waals surface area contributed by atoms with Gasteiger partial charge in [-0.2, -0.15) is 0 Å². The van der Waals surface area contributed by atoms with E-state index in [9.17, 15) is 29.4 Å². The van der Waals surface area contributed by atoms with E-state index in [1.807, 2.05) is 0 Å². The van der Waals surface area contributed by atoms with Gasteiger partial charge in [0.15, 0.2) is 5.78 Å². The van der Waals surface area contributed by atoms with E-state index < -0.39 is 65.4 Å². The molecule has 0 bridgehead atoms. The number of ketones is 2. The molecule has 5 aliphatic carbocycles. The summed E-state index contributed by atoms with van der Waals surface area (Å²) in [7, 11) is 0. The first-order chi connectivity index (χ1) is 18.0. The molecule has 2 N–H and O–H groups in total. The number of hydrogen-bond acceptors (Lipinski definition) is 8. The molecule has 2 heterocycles. The van der Waals surface area contributed by atoms with Gasteiger partial charge in [-0.15, -0.1) is 0 Å². The van der Waals surface area contributed by atoms with Gasteiger partial charge in [0.1, 0.15) is 18.0 Å². The van der Waals surface area contributed by atoms with Gasteiger partial charge in [0.2, 0.25) is 0 Å². The number of ether oxygens (including phenoxy) is 2. The number of allylic oxidation sites excluding steroid dienone is 1. The summed E-state index contributed by atoms with van der Waals surface area (Å²) in [6.45, 7) is 16.1. The van der Waals surface area contributed by atoms with E-state index in [0.29, 0.717) is 30.4 Å². The Morgan fingerprint density at radius 2 is 1.45 bits per heavy atom. The molecule has 8 heteroatoms. The molecule has 0 aromatic carbocycles. The Labute approximate surface area is 219 Å². The van der Waals surface area contributed by atoms with Crippen LogP contribution in [0.4, 0.5) is 0 Å². The van der Waals surface area contributed by atoms with E-state index in [-0.39, 0.29) is 53.0 Å². The van der Waals surface area contributed by atoms with Gasteiger partial charge >= 0.3 is 11.9 Å². The van der Waals surface area contributed by atoms with E-state index in [0.717, 1.165) is 5.57 Å². The summed E-state index contributed by atoms with van der Waals surface area (Å²) in [6.07, 6.45) is -1.91. The van der Waals surface area contributed by atoms with Crippen molar-refractivity contribution in [1.82, 2.24) is 0 Å². The number of aliphatic hydroxyl groups excluding tert-OH is 2. The fraction of sp³-hybridized carbons (Fsp3) is 0.533. The lowest BCUT2D eigenvalue weighted by Crippen LogP contribution is -2.48. The van der Waals surface area contributed by atoms with Crippen molar-refractivity contribution in [2.24, 2.45) is 40.9 Å². The second-order valence-corrected chi connectivity index (χ2v) is 12.2. The van der Waals surface area contributed by atoms with E-state index in [2.05, 4.69) is 26.3 Å². The minimum Gasteiger partial charge on any atom is -0.458 e. The summed E-state index contributed by atoms with van der Waals surface area (Å²) in [5, 5.41) is 22.2. The lowest BCUT2D eigenvalue weighted by Gasteiger charge is -2.45. The summed E-state index contributed by atoms with van der Waals surface area (Å²) in [4.78, 5) is 53.5. The summed E-state index contributed by atoms with van der Waals surface area (Å²) in [5.74, 6) is -4.78. The molecule has 5 fully saturated rings. The zero-order valence-electron chi connectivity index (χ0n) is 21.0. The standard InChI is InChI=1S/C30H30O8/c1-10-7-16(31)20-13(4)29(36)38-27(20)23-15(10)9-18(33)30(23)6-5-14-8-17(32)19-12(3)28(35)37-26(19)21-11(2)25(34)24(30)22(14)21/h14-17,19-21,23,26-27,31-32H,1-9H2.